The van der Waals surface area contributed by atoms with Crippen LogP contribution in [-0.2, 0) is 7.05 Å². The Balaban J connectivity index is 2.14. The first kappa shape index (κ1) is 13.6. The summed E-state index contributed by atoms with van der Waals surface area (Å²) in [4.78, 5) is 0.288. The quantitative estimate of drug-likeness (QED) is 0.754. The number of fused-ring (bicyclic) bond motifs is 1. The molecular formula is C16H15N3OS. The molecule has 5 heteroatoms. The molecule has 1 aromatic heterocycles. The summed E-state index contributed by atoms with van der Waals surface area (Å²) in [5, 5.41) is 6.48. The van der Waals surface area contributed by atoms with E-state index < -0.39 is 0 Å². The van der Waals surface area contributed by atoms with Gasteiger partial charge in [-0.1, -0.05) is 48.6 Å². The summed E-state index contributed by atoms with van der Waals surface area (Å²) in [5.41, 5.74) is 7.24. The van der Waals surface area contributed by atoms with Crippen LogP contribution in [0.15, 0.2) is 42.5 Å². The molecule has 0 saturated carbocycles. The van der Waals surface area contributed by atoms with Crippen molar-refractivity contribution in [2.24, 2.45) is 12.8 Å². The third kappa shape index (κ3) is 2.36. The SMILES string of the molecule is Cc1nn(C)c(Oc2cccc3ccccc23)c1C(N)=S. The summed E-state index contributed by atoms with van der Waals surface area (Å²) >= 11 is 5.11. The molecule has 0 bridgehead atoms. The van der Waals surface area contributed by atoms with E-state index in [2.05, 4.69) is 5.10 Å². The van der Waals surface area contributed by atoms with Gasteiger partial charge in [-0.05, 0) is 18.4 Å². The lowest BCUT2D eigenvalue weighted by atomic mass is 10.1. The molecule has 0 aliphatic carbocycles. The van der Waals surface area contributed by atoms with Gasteiger partial charge in [-0.15, -0.1) is 0 Å². The summed E-state index contributed by atoms with van der Waals surface area (Å²) < 4.78 is 7.73. The van der Waals surface area contributed by atoms with E-state index in [0.29, 0.717) is 11.4 Å². The summed E-state index contributed by atoms with van der Waals surface area (Å²) in [6.45, 7) is 1.87. The molecule has 0 atom stereocenters. The van der Waals surface area contributed by atoms with Crippen molar-refractivity contribution in [2.45, 2.75) is 6.92 Å². The van der Waals surface area contributed by atoms with E-state index in [9.17, 15) is 0 Å². The number of hydrogen-bond acceptors (Lipinski definition) is 3. The van der Waals surface area contributed by atoms with Crippen LogP contribution in [0, 0.1) is 6.92 Å². The molecule has 0 radical (unpaired) electrons. The molecule has 0 unspecified atom stereocenters. The van der Waals surface area contributed by atoms with Crippen molar-refractivity contribution < 1.29 is 4.74 Å². The van der Waals surface area contributed by atoms with Gasteiger partial charge >= 0.3 is 0 Å². The van der Waals surface area contributed by atoms with E-state index in [-0.39, 0.29) is 4.99 Å². The fraction of sp³-hybridized carbons (Fsp3) is 0.125. The minimum atomic E-state index is 0.288. The number of aromatic nitrogens is 2. The molecular weight excluding hydrogens is 282 g/mol. The number of nitrogens with zero attached hydrogens (tertiary/aromatic N) is 2. The smallest absolute Gasteiger partial charge is 0.228 e. The Bertz CT molecular complexity index is 833. The van der Waals surface area contributed by atoms with Gasteiger partial charge in [0.25, 0.3) is 0 Å². The van der Waals surface area contributed by atoms with Gasteiger partial charge in [0.15, 0.2) is 0 Å². The first-order valence-corrected chi connectivity index (χ1v) is 6.98. The van der Waals surface area contributed by atoms with Gasteiger partial charge in [-0.25, -0.2) is 4.68 Å². The number of aryl methyl sites for hydroxylation is 2. The van der Waals surface area contributed by atoms with Crippen molar-refractivity contribution in [1.82, 2.24) is 9.78 Å². The monoisotopic (exact) mass is 297 g/mol. The summed E-state index contributed by atoms with van der Waals surface area (Å²) in [6.07, 6.45) is 0. The maximum absolute atomic E-state index is 6.07. The van der Waals surface area contributed by atoms with Gasteiger partial charge in [0.05, 0.1) is 11.3 Å². The lowest BCUT2D eigenvalue weighted by Crippen LogP contribution is -2.11. The minimum Gasteiger partial charge on any atom is -0.438 e. The number of nitrogens with two attached hydrogens (primary N) is 1. The van der Waals surface area contributed by atoms with Gasteiger partial charge < -0.3 is 10.5 Å². The number of benzene rings is 2. The Morgan fingerprint density at radius 2 is 1.90 bits per heavy atom. The third-order valence-corrected chi connectivity index (χ3v) is 3.58. The van der Waals surface area contributed by atoms with Crippen molar-refractivity contribution in [2.75, 3.05) is 0 Å². The van der Waals surface area contributed by atoms with Crippen LogP contribution in [0.25, 0.3) is 10.8 Å². The van der Waals surface area contributed by atoms with Gasteiger partial charge in [0.2, 0.25) is 5.88 Å². The molecule has 0 amide bonds. The molecule has 4 nitrogen and oxygen atoms in total. The molecule has 3 rings (SSSR count). The lowest BCUT2D eigenvalue weighted by Gasteiger charge is -2.10. The third-order valence-electron chi connectivity index (χ3n) is 3.37. The number of hydrogen-bond donors (Lipinski definition) is 1. The molecule has 2 aromatic carbocycles. The van der Waals surface area contributed by atoms with Crippen molar-refractivity contribution in [3.8, 4) is 11.6 Å². The number of ether oxygens (including phenoxy) is 1. The molecule has 0 spiro atoms. The highest BCUT2D eigenvalue weighted by Crippen LogP contribution is 2.32. The number of rotatable bonds is 3. The minimum absolute atomic E-state index is 0.288. The van der Waals surface area contributed by atoms with E-state index in [0.717, 1.165) is 22.2 Å². The summed E-state index contributed by atoms with van der Waals surface area (Å²) in [5.74, 6) is 1.32. The Morgan fingerprint density at radius 1 is 1.19 bits per heavy atom. The Kier molecular flexibility index (Phi) is 3.35. The fourth-order valence-electron chi connectivity index (χ4n) is 2.43. The molecule has 0 saturated heterocycles. The van der Waals surface area contributed by atoms with Crippen LogP contribution in [0.2, 0.25) is 0 Å². The molecule has 0 aliphatic heterocycles. The van der Waals surface area contributed by atoms with E-state index in [1.807, 2.05) is 56.4 Å². The van der Waals surface area contributed by atoms with E-state index in [1.54, 1.807) is 4.68 Å². The zero-order chi connectivity index (χ0) is 15.0. The van der Waals surface area contributed by atoms with Gasteiger partial charge in [0, 0.05) is 12.4 Å². The largest absolute Gasteiger partial charge is 0.438 e. The molecule has 0 aliphatic rings. The van der Waals surface area contributed by atoms with E-state index in [1.165, 1.54) is 0 Å². The van der Waals surface area contributed by atoms with Gasteiger partial charge in [-0.2, -0.15) is 5.10 Å². The first-order chi connectivity index (χ1) is 10.1. The first-order valence-electron chi connectivity index (χ1n) is 6.57. The predicted octanol–water partition coefficient (Wildman–Crippen LogP) is 3.31. The van der Waals surface area contributed by atoms with E-state index >= 15 is 0 Å². The maximum atomic E-state index is 6.07. The normalized spacial score (nSPS) is 10.8. The maximum Gasteiger partial charge on any atom is 0.228 e. The Hall–Kier alpha value is -2.40. The highest BCUT2D eigenvalue weighted by molar-refractivity contribution is 7.80. The molecule has 3 aromatic rings. The van der Waals surface area contributed by atoms with Crippen molar-refractivity contribution in [3.05, 3.63) is 53.7 Å². The molecule has 0 fully saturated rings. The van der Waals surface area contributed by atoms with Crippen molar-refractivity contribution >= 4 is 28.0 Å². The van der Waals surface area contributed by atoms with Gasteiger partial charge in [-0.3, -0.25) is 0 Å². The van der Waals surface area contributed by atoms with E-state index in [4.69, 9.17) is 22.7 Å². The Labute approximate surface area is 128 Å². The lowest BCUT2D eigenvalue weighted by molar-refractivity contribution is 0.434. The van der Waals surface area contributed by atoms with Crippen LogP contribution < -0.4 is 10.5 Å². The van der Waals surface area contributed by atoms with Gasteiger partial charge in [0.1, 0.15) is 10.7 Å². The van der Waals surface area contributed by atoms with Crippen LogP contribution in [0.4, 0.5) is 0 Å². The van der Waals surface area contributed by atoms with Crippen LogP contribution >= 0.6 is 12.2 Å². The predicted molar refractivity (Wildman–Crippen MR) is 87.9 cm³/mol. The zero-order valence-electron chi connectivity index (χ0n) is 11.8. The highest BCUT2D eigenvalue weighted by atomic mass is 32.1. The van der Waals surface area contributed by atoms with Crippen LogP contribution in [-0.4, -0.2) is 14.8 Å². The van der Waals surface area contributed by atoms with Crippen molar-refractivity contribution in [3.63, 3.8) is 0 Å². The Morgan fingerprint density at radius 3 is 2.67 bits per heavy atom. The second-order valence-electron chi connectivity index (χ2n) is 4.83. The molecule has 2 N–H and O–H groups in total. The number of thiocarbonyl (C=S) groups is 1. The summed E-state index contributed by atoms with van der Waals surface area (Å²) in [6, 6.07) is 14.0. The fourth-order valence-corrected chi connectivity index (χ4v) is 2.66. The second-order valence-corrected chi connectivity index (χ2v) is 5.27. The molecule has 1 heterocycles. The van der Waals surface area contributed by atoms with Crippen molar-refractivity contribution in [1.29, 1.82) is 0 Å². The summed E-state index contributed by atoms with van der Waals surface area (Å²) in [7, 11) is 1.81. The average Bonchev–Trinajstić information content (AvgIpc) is 2.73. The second kappa shape index (κ2) is 5.18. The van der Waals surface area contributed by atoms with Crippen LogP contribution in [0.1, 0.15) is 11.3 Å². The molecule has 21 heavy (non-hydrogen) atoms. The standard InChI is InChI=1S/C16H15N3OS/c1-10-14(15(17)21)16(19(2)18-10)20-13-9-5-7-11-6-3-4-8-12(11)13/h3-9H,1-2H3,(H2,17,21). The molecule has 106 valence electrons. The zero-order valence-corrected chi connectivity index (χ0v) is 12.6. The van der Waals surface area contributed by atoms with Crippen LogP contribution in [0.3, 0.4) is 0 Å². The van der Waals surface area contributed by atoms with Crippen LogP contribution in [0.5, 0.6) is 11.6 Å². The average molecular weight is 297 g/mol. The highest BCUT2D eigenvalue weighted by Gasteiger charge is 2.18. The topological polar surface area (TPSA) is 53.1 Å².